The number of para-hydroxylation sites is 1. The molecule has 0 heterocycles. The predicted molar refractivity (Wildman–Crippen MR) is 125 cm³/mol. The summed E-state index contributed by atoms with van der Waals surface area (Å²) in [4.78, 5) is 12.5. The molecule has 0 bridgehead atoms. The van der Waals surface area contributed by atoms with E-state index in [1.807, 2.05) is 30.3 Å². The van der Waals surface area contributed by atoms with E-state index in [2.05, 4.69) is 56.5 Å². The number of amides is 2. The van der Waals surface area contributed by atoms with Crippen LogP contribution in [0.3, 0.4) is 0 Å². The van der Waals surface area contributed by atoms with E-state index in [0.29, 0.717) is 11.8 Å². The number of hydrogen-bond acceptors (Lipinski definition) is 1. The number of aryl methyl sites for hydroxylation is 1. The number of carbonyl (C=O) groups excluding carboxylic acids is 1. The van der Waals surface area contributed by atoms with Gasteiger partial charge in [0.2, 0.25) is 0 Å². The zero-order chi connectivity index (χ0) is 21.4. The number of urea groups is 1. The Morgan fingerprint density at radius 2 is 1.87 bits per heavy atom. The molecule has 0 aliphatic heterocycles. The molecule has 0 saturated heterocycles. The van der Waals surface area contributed by atoms with Crippen molar-refractivity contribution in [3.63, 3.8) is 0 Å². The van der Waals surface area contributed by atoms with Crippen LogP contribution in [0.15, 0.2) is 48.5 Å². The highest BCUT2D eigenvalue weighted by molar-refractivity contribution is 5.89. The second-order valence-corrected chi connectivity index (χ2v) is 10.3. The van der Waals surface area contributed by atoms with E-state index in [1.54, 1.807) is 11.1 Å². The van der Waals surface area contributed by atoms with Crippen LogP contribution < -0.4 is 10.6 Å². The van der Waals surface area contributed by atoms with Gasteiger partial charge in [0.05, 0.1) is 0 Å². The summed E-state index contributed by atoms with van der Waals surface area (Å²) in [6.45, 7) is 10.2. The molecular weight excluding hydrogens is 368 g/mol. The van der Waals surface area contributed by atoms with Gasteiger partial charge in [-0.15, -0.1) is 0 Å². The van der Waals surface area contributed by atoms with Gasteiger partial charge in [0.25, 0.3) is 0 Å². The van der Waals surface area contributed by atoms with Crippen LogP contribution in [0.25, 0.3) is 0 Å². The highest BCUT2D eigenvalue weighted by Gasteiger charge is 2.51. The molecule has 3 nitrogen and oxygen atoms in total. The Balaban J connectivity index is 1.51. The van der Waals surface area contributed by atoms with Gasteiger partial charge in [-0.05, 0) is 77.2 Å². The Bertz CT molecular complexity index is 906. The molecule has 2 amide bonds. The third-order valence-electron chi connectivity index (χ3n) is 7.85. The fraction of sp³-hybridized carbons (Fsp3) is 0.519. The Morgan fingerprint density at radius 3 is 2.60 bits per heavy atom. The highest BCUT2D eigenvalue weighted by Crippen LogP contribution is 2.57. The van der Waals surface area contributed by atoms with Crippen molar-refractivity contribution in [1.82, 2.24) is 5.32 Å². The molecule has 1 saturated carbocycles. The molecule has 2 aliphatic rings. The molecule has 0 spiro atoms. The molecule has 1 fully saturated rings. The molecule has 2 aromatic rings. The van der Waals surface area contributed by atoms with Crippen molar-refractivity contribution in [3.05, 3.63) is 65.2 Å². The van der Waals surface area contributed by atoms with Gasteiger partial charge >= 0.3 is 6.03 Å². The Labute approximate surface area is 181 Å². The van der Waals surface area contributed by atoms with E-state index in [4.69, 9.17) is 0 Å². The smallest absolute Gasteiger partial charge is 0.319 e. The Morgan fingerprint density at radius 1 is 1.10 bits per heavy atom. The largest absolute Gasteiger partial charge is 0.337 e. The third-order valence-corrected chi connectivity index (χ3v) is 7.85. The van der Waals surface area contributed by atoms with E-state index in [9.17, 15) is 4.79 Å². The number of benzene rings is 2. The molecule has 3 atom stereocenters. The Hall–Kier alpha value is -2.29. The van der Waals surface area contributed by atoms with Crippen molar-refractivity contribution in [1.29, 1.82) is 0 Å². The predicted octanol–water partition coefficient (Wildman–Crippen LogP) is 6.64. The first-order valence-electron chi connectivity index (χ1n) is 11.5. The lowest BCUT2D eigenvalue weighted by molar-refractivity contribution is 0.0281. The number of carbonyl (C=O) groups is 1. The Kier molecular flexibility index (Phi) is 5.65. The molecule has 4 rings (SSSR count). The molecule has 3 unspecified atom stereocenters. The van der Waals surface area contributed by atoms with Crippen molar-refractivity contribution < 1.29 is 4.79 Å². The topological polar surface area (TPSA) is 41.1 Å². The SMILES string of the molecule is CC(C)c1ccc2c(c1)CCC1C(C)(CNC(=O)Nc3ccccc3)CCCC21C. The molecule has 0 aromatic heterocycles. The fourth-order valence-corrected chi connectivity index (χ4v) is 6.19. The molecule has 0 radical (unpaired) electrons. The van der Waals surface area contributed by atoms with Gasteiger partial charge in [0.15, 0.2) is 0 Å². The molecule has 160 valence electrons. The monoisotopic (exact) mass is 404 g/mol. The molecular formula is C27H36N2O. The van der Waals surface area contributed by atoms with Crippen molar-refractivity contribution in [2.24, 2.45) is 11.3 Å². The maximum absolute atomic E-state index is 12.5. The summed E-state index contributed by atoms with van der Waals surface area (Å²) in [5.74, 6) is 1.16. The maximum Gasteiger partial charge on any atom is 0.319 e. The van der Waals surface area contributed by atoms with Crippen LogP contribution in [0.5, 0.6) is 0 Å². The van der Waals surface area contributed by atoms with Gasteiger partial charge in [-0.2, -0.15) is 0 Å². The van der Waals surface area contributed by atoms with E-state index in [-0.39, 0.29) is 16.9 Å². The summed E-state index contributed by atoms with van der Waals surface area (Å²) in [7, 11) is 0. The van der Waals surface area contributed by atoms with E-state index < -0.39 is 0 Å². The average Bonchev–Trinajstić information content (AvgIpc) is 2.72. The summed E-state index contributed by atoms with van der Waals surface area (Å²) >= 11 is 0. The second kappa shape index (κ2) is 8.09. The van der Waals surface area contributed by atoms with Gasteiger partial charge in [-0.3, -0.25) is 0 Å². The summed E-state index contributed by atoms with van der Waals surface area (Å²) < 4.78 is 0. The first-order valence-corrected chi connectivity index (χ1v) is 11.5. The first-order chi connectivity index (χ1) is 14.3. The van der Waals surface area contributed by atoms with Crippen LogP contribution >= 0.6 is 0 Å². The summed E-state index contributed by atoms with van der Waals surface area (Å²) in [6, 6.07) is 16.8. The van der Waals surface area contributed by atoms with E-state index >= 15 is 0 Å². The lowest BCUT2D eigenvalue weighted by atomic mass is 9.49. The van der Waals surface area contributed by atoms with Crippen LogP contribution in [-0.2, 0) is 11.8 Å². The van der Waals surface area contributed by atoms with Crippen molar-refractivity contribution in [2.45, 2.75) is 71.1 Å². The number of anilines is 1. The number of rotatable bonds is 4. The quantitative estimate of drug-likeness (QED) is 0.589. The van der Waals surface area contributed by atoms with E-state index in [1.165, 1.54) is 31.2 Å². The number of nitrogens with one attached hydrogen (secondary N) is 2. The van der Waals surface area contributed by atoms with Gasteiger partial charge in [-0.25, -0.2) is 4.79 Å². The third kappa shape index (κ3) is 3.87. The van der Waals surface area contributed by atoms with Gasteiger partial charge in [-0.1, -0.05) is 70.5 Å². The number of fused-ring (bicyclic) bond motifs is 3. The minimum Gasteiger partial charge on any atom is -0.337 e. The number of hydrogen-bond donors (Lipinski definition) is 2. The zero-order valence-electron chi connectivity index (χ0n) is 18.9. The summed E-state index contributed by atoms with van der Waals surface area (Å²) in [5.41, 5.74) is 5.72. The van der Waals surface area contributed by atoms with Gasteiger partial charge < -0.3 is 10.6 Å². The van der Waals surface area contributed by atoms with Crippen LogP contribution in [0, 0.1) is 11.3 Å². The summed E-state index contributed by atoms with van der Waals surface area (Å²) in [5, 5.41) is 6.15. The minimum absolute atomic E-state index is 0.104. The van der Waals surface area contributed by atoms with Crippen LogP contribution in [0.4, 0.5) is 10.5 Å². The molecule has 3 heteroatoms. The lowest BCUT2D eigenvalue weighted by Gasteiger charge is -2.55. The van der Waals surface area contributed by atoms with Crippen molar-refractivity contribution in [2.75, 3.05) is 11.9 Å². The van der Waals surface area contributed by atoms with Crippen LogP contribution in [-0.4, -0.2) is 12.6 Å². The standard InChI is InChI=1S/C27H36N2O/c1-19(2)20-11-13-23-21(17-20)12-14-24-26(3,15-8-16-27(23,24)4)18-28-25(30)29-22-9-6-5-7-10-22/h5-7,9-11,13,17,19,24H,8,12,14-16,18H2,1-4H3,(H2,28,29,30). The first kappa shape index (κ1) is 21.0. The van der Waals surface area contributed by atoms with Crippen molar-refractivity contribution >= 4 is 11.7 Å². The molecule has 2 aromatic carbocycles. The van der Waals surface area contributed by atoms with Crippen molar-refractivity contribution in [3.8, 4) is 0 Å². The average molecular weight is 405 g/mol. The highest BCUT2D eigenvalue weighted by atomic mass is 16.2. The molecule has 2 aliphatic carbocycles. The van der Waals surface area contributed by atoms with Crippen LogP contribution in [0.2, 0.25) is 0 Å². The van der Waals surface area contributed by atoms with Crippen LogP contribution in [0.1, 0.15) is 76.0 Å². The maximum atomic E-state index is 12.5. The molecule has 30 heavy (non-hydrogen) atoms. The lowest BCUT2D eigenvalue weighted by Crippen LogP contribution is -2.53. The second-order valence-electron chi connectivity index (χ2n) is 10.3. The molecule has 2 N–H and O–H groups in total. The normalized spacial score (nSPS) is 27.8. The van der Waals surface area contributed by atoms with E-state index in [0.717, 1.165) is 18.7 Å². The fourth-order valence-electron chi connectivity index (χ4n) is 6.19. The van der Waals surface area contributed by atoms with Gasteiger partial charge in [0, 0.05) is 12.2 Å². The summed E-state index contributed by atoms with van der Waals surface area (Å²) in [6.07, 6.45) is 6.01. The zero-order valence-corrected chi connectivity index (χ0v) is 18.9. The minimum atomic E-state index is -0.104. The van der Waals surface area contributed by atoms with Gasteiger partial charge in [0.1, 0.15) is 0 Å².